The van der Waals surface area contributed by atoms with Crippen LogP contribution < -0.4 is 10.6 Å². The SMILES string of the molecule is CCCC1c2ccccc2CCN1C(=O)Nc1cccc2c1CNC2=O. The van der Waals surface area contributed by atoms with Gasteiger partial charge in [0.25, 0.3) is 5.91 Å². The van der Waals surface area contributed by atoms with Gasteiger partial charge in [-0.25, -0.2) is 4.79 Å². The fourth-order valence-electron chi connectivity index (χ4n) is 4.04. The van der Waals surface area contributed by atoms with E-state index in [2.05, 4.69) is 35.8 Å². The number of rotatable bonds is 3. The number of fused-ring (bicyclic) bond motifs is 2. The molecular weight excluding hydrogens is 326 g/mol. The number of nitrogens with zero attached hydrogens (tertiary/aromatic N) is 1. The molecule has 0 saturated heterocycles. The van der Waals surface area contributed by atoms with Crippen LogP contribution in [0.2, 0.25) is 0 Å². The quantitative estimate of drug-likeness (QED) is 0.884. The summed E-state index contributed by atoms with van der Waals surface area (Å²) in [6.45, 7) is 3.32. The van der Waals surface area contributed by atoms with E-state index in [9.17, 15) is 9.59 Å². The number of benzene rings is 2. The third kappa shape index (κ3) is 2.83. The van der Waals surface area contributed by atoms with Crippen LogP contribution in [0.3, 0.4) is 0 Å². The van der Waals surface area contributed by atoms with Gasteiger partial charge < -0.3 is 15.5 Å². The molecule has 5 heteroatoms. The van der Waals surface area contributed by atoms with Crippen LogP contribution in [-0.2, 0) is 13.0 Å². The second-order valence-electron chi connectivity index (χ2n) is 6.89. The second kappa shape index (κ2) is 6.83. The van der Waals surface area contributed by atoms with E-state index in [-0.39, 0.29) is 18.0 Å². The lowest BCUT2D eigenvalue weighted by Crippen LogP contribution is -2.42. The Kier molecular flexibility index (Phi) is 4.37. The molecule has 2 N–H and O–H groups in total. The Balaban J connectivity index is 1.60. The summed E-state index contributed by atoms with van der Waals surface area (Å²) in [6.07, 6.45) is 2.83. The van der Waals surface area contributed by atoms with E-state index in [1.807, 2.05) is 23.1 Å². The lowest BCUT2D eigenvalue weighted by molar-refractivity contribution is 0.0965. The first-order valence-electron chi connectivity index (χ1n) is 9.24. The smallest absolute Gasteiger partial charge is 0.322 e. The molecule has 1 atom stereocenters. The lowest BCUT2D eigenvalue weighted by Gasteiger charge is -2.37. The van der Waals surface area contributed by atoms with Gasteiger partial charge in [0.2, 0.25) is 0 Å². The van der Waals surface area contributed by atoms with Crippen molar-refractivity contribution in [3.8, 4) is 0 Å². The van der Waals surface area contributed by atoms with Crippen molar-refractivity contribution in [3.63, 3.8) is 0 Å². The number of urea groups is 1. The minimum absolute atomic E-state index is 0.0770. The molecule has 2 aromatic carbocycles. The van der Waals surface area contributed by atoms with Gasteiger partial charge in [-0.1, -0.05) is 43.7 Å². The third-order valence-electron chi connectivity index (χ3n) is 5.32. The first-order valence-corrected chi connectivity index (χ1v) is 9.24. The highest BCUT2D eigenvalue weighted by atomic mass is 16.2. The van der Waals surface area contributed by atoms with Gasteiger partial charge in [-0.15, -0.1) is 0 Å². The van der Waals surface area contributed by atoms with Crippen molar-refractivity contribution in [1.29, 1.82) is 0 Å². The molecule has 4 rings (SSSR count). The maximum Gasteiger partial charge on any atom is 0.322 e. The van der Waals surface area contributed by atoms with Gasteiger partial charge in [0, 0.05) is 29.9 Å². The third-order valence-corrected chi connectivity index (χ3v) is 5.32. The van der Waals surface area contributed by atoms with Gasteiger partial charge in [0.05, 0.1) is 6.04 Å². The Bertz CT molecular complexity index is 862. The lowest BCUT2D eigenvalue weighted by atomic mass is 9.90. The molecule has 26 heavy (non-hydrogen) atoms. The van der Waals surface area contributed by atoms with Crippen LogP contribution in [0.25, 0.3) is 0 Å². The first kappa shape index (κ1) is 16.6. The van der Waals surface area contributed by atoms with Crippen LogP contribution >= 0.6 is 0 Å². The minimum Gasteiger partial charge on any atom is -0.348 e. The average Bonchev–Trinajstić information content (AvgIpc) is 3.04. The predicted molar refractivity (Wildman–Crippen MR) is 101 cm³/mol. The minimum atomic E-state index is -0.0919. The van der Waals surface area contributed by atoms with E-state index in [0.717, 1.165) is 30.5 Å². The average molecular weight is 349 g/mol. The summed E-state index contributed by atoms with van der Waals surface area (Å²) in [4.78, 5) is 26.8. The summed E-state index contributed by atoms with van der Waals surface area (Å²) in [5.74, 6) is -0.0770. The maximum atomic E-state index is 13.1. The molecule has 0 radical (unpaired) electrons. The number of hydrogen-bond acceptors (Lipinski definition) is 2. The van der Waals surface area contributed by atoms with E-state index in [0.29, 0.717) is 18.7 Å². The molecule has 0 aliphatic carbocycles. The number of hydrogen-bond donors (Lipinski definition) is 2. The predicted octanol–water partition coefficient (Wildman–Crippen LogP) is 3.86. The van der Waals surface area contributed by atoms with Crippen molar-refractivity contribution in [2.75, 3.05) is 11.9 Å². The van der Waals surface area contributed by atoms with Gasteiger partial charge in [-0.05, 0) is 36.1 Å². The number of anilines is 1. The summed E-state index contributed by atoms with van der Waals surface area (Å²) < 4.78 is 0. The molecule has 5 nitrogen and oxygen atoms in total. The Morgan fingerprint density at radius 3 is 2.92 bits per heavy atom. The topological polar surface area (TPSA) is 61.4 Å². The van der Waals surface area contributed by atoms with Crippen molar-refractivity contribution < 1.29 is 9.59 Å². The van der Waals surface area contributed by atoms with E-state index in [1.54, 1.807) is 6.07 Å². The highest BCUT2D eigenvalue weighted by Gasteiger charge is 2.31. The zero-order valence-corrected chi connectivity index (χ0v) is 14.9. The summed E-state index contributed by atoms with van der Waals surface area (Å²) >= 11 is 0. The monoisotopic (exact) mass is 349 g/mol. The summed E-state index contributed by atoms with van der Waals surface area (Å²) in [6, 6.07) is 13.9. The highest BCUT2D eigenvalue weighted by molar-refractivity contribution is 6.01. The van der Waals surface area contributed by atoms with Gasteiger partial charge in [0.1, 0.15) is 0 Å². The van der Waals surface area contributed by atoms with E-state index in [4.69, 9.17) is 0 Å². The molecular formula is C21H23N3O2. The zero-order valence-electron chi connectivity index (χ0n) is 14.9. The zero-order chi connectivity index (χ0) is 18.1. The molecule has 2 aromatic rings. The van der Waals surface area contributed by atoms with Crippen molar-refractivity contribution in [3.05, 3.63) is 64.7 Å². The Morgan fingerprint density at radius 2 is 2.08 bits per heavy atom. The number of nitrogens with one attached hydrogen (secondary N) is 2. The fraction of sp³-hybridized carbons (Fsp3) is 0.333. The Hall–Kier alpha value is -2.82. The van der Waals surface area contributed by atoms with Crippen LogP contribution in [0.15, 0.2) is 42.5 Å². The van der Waals surface area contributed by atoms with Crippen LogP contribution in [-0.4, -0.2) is 23.4 Å². The van der Waals surface area contributed by atoms with Crippen LogP contribution in [0.5, 0.6) is 0 Å². The molecule has 1 unspecified atom stereocenters. The van der Waals surface area contributed by atoms with Crippen LogP contribution in [0.1, 0.15) is 52.9 Å². The molecule has 2 aliphatic heterocycles. The van der Waals surface area contributed by atoms with Crippen LogP contribution in [0, 0.1) is 0 Å². The molecule has 0 aromatic heterocycles. The van der Waals surface area contributed by atoms with Gasteiger partial charge in [-0.3, -0.25) is 4.79 Å². The molecule has 134 valence electrons. The molecule has 0 fully saturated rings. The second-order valence-corrected chi connectivity index (χ2v) is 6.89. The van der Waals surface area contributed by atoms with Crippen molar-refractivity contribution in [2.24, 2.45) is 0 Å². The van der Waals surface area contributed by atoms with Crippen molar-refractivity contribution >= 4 is 17.6 Å². The maximum absolute atomic E-state index is 13.1. The summed E-state index contributed by atoms with van der Waals surface area (Å²) in [7, 11) is 0. The van der Waals surface area contributed by atoms with Crippen LogP contribution in [0.4, 0.5) is 10.5 Å². The van der Waals surface area contributed by atoms with E-state index >= 15 is 0 Å². The molecule has 0 saturated carbocycles. The van der Waals surface area contributed by atoms with E-state index < -0.39 is 0 Å². The Morgan fingerprint density at radius 1 is 1.23 bits per heavy atom. The first-order chi connectivity index (χ1) is 12.7. The summed E-state index contributed by atoms with van der Waals surface area (Å²) in [5, 5.41) is 5.86. The largest absolute Gasteiger partial charge is 0.348 e. The van der Waals surface area contributed by atoms with Crippen molar-refractivity contribution in [1.82, 2.24) is 10.2 Å². The standard InChI is InChI=1S/C21H23N3O2/c1-2-6-19-15-8-4-3-7-14(15)11-12-24(19)21(26)23-18-10-5-9-16-17(18)13-22-20(16)25/h3-5,7-10,19H,2,6,11-13H2,1H3,(H,22,25)(H,23,26). The molecule has 0 spiro atoms. The summed E-state index contributed by atoms with van der Waals surface area (Å²) in [5.41, 5.74) is 4.84. The fourth-order valence-corrected chi connectivity index (χ4v) is 4.04. The van der Waals surface area contributed by atoms with Crippen molar-refractivity contribution in [2.45, 2.75) is 38.8 Å². The van der Waals surface area contributed by atoms with Gasteiger partial charge in [0.15, 0.2) is 0 Å². The Labute approximate surface area is 153 Å². The van der Waals surface area contributed by atoms with Gasteiger partial charge >= 0.3 is 6.03 Å². The molecule has 2 heterocycles. The molecule has 2 aliphatic rings. The van der Waals surface area contributed by atoms with Gasteiger partial charge in [-0.2, -0.15) is 0 Å². The van der Waals surface area contributed by atoms with E-state index in [1.165, 1.54) is 11.1 Å². The molecule has 3 amide bonds. The number of amides is 3. The number of carbonyl (C=O) groups is 2. The highest BCUT2D eigenvalue weighted by Crippen LogP contribution is 2.34. The normalized spacial score (nSPS) is 18.1. The molecule has 0 bridgehead atoms. The number of carbonyl (C=O) groups excluding carboxylic acids is 2.